The SMILES string of the molecule is CCCC[C@@H](CO)NC(=O)OCc1ccccc1. The Bertz CT molecular complexity index is 340. The molecule has 0 aliphatic rings. The van der Waals surface area contributed by atoms with Crippen LogP contribution >= 0.6 is 0 Å². The van der Waals surface area contributed by atoms with Crippen molar-refractivity contribution in [3.05, 3.63) is 35.9 Å². The zero-order chi connectivity index (χ0) is 13.2. The normalized spacial score (nSPS) is 11.9. The van der Waals surface area contributed by atoms with Crippen LogP contribution in [-0.4, -0.2) is 23.8 Å². The number of carbonyl (C=O) groups is 1. The number of unbranched alkanes of at least 4 members (excludes halogenated alkanes) is 1. The van der Waals surface area contributed by atoms with Crippen molar-refractivity contribution in [1.29, 1.82) is 0 Å². The molecule has 0 saturated carbocycles. The molecule has 1 amide bonds. The third-order valence-electron chi connectivity index (χ3n) is 2.66. The first kappa shape index (κ1) is 14.5. The number of alkyl carbamates (subject to hydrolysis) is 1. The van der Waals surface area contributed by atoms with Gasteiger partial charge in [0.1, 0.15) is 6.61 Å². The Balaban J connectivity index is 2.28. The Hall–Kier alpha value is -1.55. The number of rotatable bonds is 7. The van der Waals surface area contributed by atoms with E-state index in [-0.39, 0.29) is 19.3 Å². The van der Waals surface area contributed by atoms with Crippen molar-refractivity contribution < 1.29 is 14.6 Å². The molecule has 1 atom stereocenters. The summed E-state index contributed by atoms with van der Waals surface area (Å²) in [6.45, 7) is 2.27. The molecule has 1 aromatic rings. The number of aliphatic hydroxyl groups is 1. The largest absolute Gasteiger partial charge is 0.445 e. The Morgan fingerprint density at radius 3 is 2.72 bits per heavy atom. The van der Waals surface area contributed by atoms with Crippen LogP contribution in [0.5, 0.6) is 0 Å². The van der Waals surface area contributed by atoms with Gasteiger partial charge in [-0.15, -0.1) is 0 Å². The van der Waals surface area contributed by atoms with Crippen molar-refractivity contribution in [2.24, 2.45) is 0 Å². The number of hydrogen-bond acceptors (Lipinski definition) is 3. The molecule has 18 heavy (non-hydrogen) atoms. The van der Waals surface area contributed by atoms with Gasteiger partial charge in [0.15, 0.2) is 0 Å². The van der Waals surface area contributed by atoms with E-state index in [9.17, 15) is 4.79 Å². The van der Waals surface area contributed by atoms with E-state index in [0.717, 1.165) is 24.8 Å². The summed E-state index contributed by atoms with van der Waals surface area (Å²) < 4.78 is 5.08. The molecule has 0 radical (unpaired) electrons. The molecule has 2 N–H and O–H groups in total. The average molecular weight is 251 g/mol. The van der Waals surface area contributed by atoms with E-state index in [1.54, 1.807) is 0 Å². The summed E-state index contributed by atoms with van der Waals surface area (Å²) in [5.41, 5.74) is 0.946. The molecule has 1 aromatic carbocycles. The van der Waals surface area contributed by atoms with Gasteiger partial charge in [-0.3, -0.25) is 0 Å². The van der Waals surface area contributed by atoms with Gasteiger partial charge >= 0.3 is 6.09 Å². The van der Waals surface area contributed by atoms with Crippen molar-refractivity contribution in [1.82, 2.24) is 5.32 Å². The van der Waals surface area contributed by atoms with Gasteiger partial charge in [0.05, 0.1) is 12.6 Å². The lowest BCUT2D eigenvalue weighted by Gasteiger charge is -2.15. The second kappa shape index (κ2) is 8.53. The highest BCUT2D eigenvalue weighted by Gasteiger charge is 2.11. The maximum absolute atomic E-state index is 11.5. The van der Waals surface area contributed by atoms with Gasteiger partial charge in [-0.05, 0) is 12.0 Å². The fourth-order valence-electron chi connectivity index (χ4n) is 1.59. The molecular formula is C14H21NO3. The second-order valence-corrected chi connectivity index (χ2v) is 4.23. The first-order chi connectivity index (χ1) is 8.76. The molecule has 0 aliphatic heterocycles. The zero-order valence-electron chi connectivity index (χ0n) is 10.8. The number of ether oxygens (including phenoxy) is 1. The molecule has 0 aliphatic carbocycles. The highest BCUT2D eigenvalue weighted by molar-refractivity contribution is 5.67. The van der Waals surface area contributed by atoms with E-state index in [0.29, 0.717) is 0 Å². The van der Waals surface area contributed by atoms with E-state index in [1.807, 2.05) is 30.3 Å². The summed E-state index contributed by atoms with van der Waals surface area (Å²) in [4.78, 5) is 11.5. The predicted octanol–water partition coefficient (Wildman–Crippen LogP) is 2.46. The van der Waals surface area contributed by atoms with Crippen LogP contribution in [0.4, 0.5) is 4.79 Å². The van der Waals surface area contributed by atoms with Crippen molar-refractivity contribution in [3.8, 4) is 0 Å². The smallest absolute Gasteiger partial charge is 0.407 e. The Morgan fingerprint density at radius 1 is 1.39 bits per heavy atom. The van der Waals surface area contributed by atoms with Crippen molar-refractivity contribution in [2.75, 3.05) is 6.61 Å². The molecule has 0 fully saturated rings. The van der Waals surface area contributed by atoms with Crippen molar-refractivity contribution >= 4 is 6.09 Å². The number of hydrogen-bond donors (Lipinski definition) is 2. The molecule has 0 unspecified atom stereocenters. The summed E-state index contributed by atoms with van der Waals surface area (Å²) in [5.74, 6) is 0. The Morgan fingerprint density at radius 2 is 2.11 bits per heavy atom. The lowest BCUT2D eigenvalue weighted by atomic mass is 10.1. The Labute approximate surface area is 108 Å². The van der Waals surface area contributed by atoms with Crippen LogP contribution in [-0.2, 0) is 11.3 Å². The summed E-state index contributed by atoms with van der Waals surface area (Å²) >= 11 is 0. The molecule has 0 heterocycles. The van der Waals surface area contributed by atoms with Gasteiger partial charge in [-0.1, -0.05) is 50.1 Å². The van der Waals surface area contributed by atoms with Crippen molar-refractivity contribution in [3.63, 3.8) is 0 Å². The first-order valence-electron chi connectivity index (χ1n) is 6.34. The minimum atomic E-state index is -0.478. The highest BCUT2D eigenvalue weighted by Crippen LogP contribution is 2.03. The van der Waals surface area contributed by atoms with Crippen LogP contribution in [0, 0.1) is 0 Å². The highest BCUT2D eigenvalue weighted by atomic mass is 16.5. The summed E-state index contributed by atoms with van der Waals surface area (Å²) in [5, 5.41) is 11.8. The number of amides is 1. The Kier molecular flexibility index (Phi) is 6.87. The van der Waals surface area contributed by atoms with E-state index in [2.05, 4.69) is 12.2 Å². The average Bonchev–Trinajstić information content (AvgIpc) is 2.42. The lowest BCUT2D eigenvalue weighted by Crippen LogP contribution is -2.37. The summed E-state index contributed by atoms with van der Waals surface area (Å²) in [7, 11) is 0. The van der Waals surface area contributed by atoms with Crippen molar-refractivity contribution in [2.45, 2.75) is 38.8 Å². The minimum absolute atomic E-state index is 0.0551. The molecular weight excluding hydrogens is 230 g/mol. The molecule has 100 valence electrons. The van der Waals surface area contributed by atoms with Gasteiger partial charge in [0, 0.05) is 0 Å². The van der Waals surface area contributed by atoms with E-state index >= 15 is 0 Å². The number of carbonyl (C=O) groups excluding carboxylic acids is 1. The summed E-state index contributed by atoms with van der Waals surface area (Å²) in [6, 6.07) is 9.29. The minimum Gasteiger partial charge on any atom is -0.445 e. The van der Waals surface area contributed by atoms with E-state index in [4.69, 9.17) is 9.84 Å². The van der Waals surface area contributed by atoms with Crippen LogP contribution in [0.1, 0.15) is 31.7 Å². The van der Waals surface area contributed by atoms with Gasteiger partial charge in [0.2, 0.25) is 0 Å². The molecule has 4 nitrogen and oxygen atoms in total. The van der Waals surface area contributed by atoms with Crippen LogP contribution < -0.4 is 5.32 Å². The monoisotopic (exact) mass is 251 g/mol. The number of aliphatic hydroxyl groups excluding tert-OH is 1. The maximum Gasteiger partial charge on any atom is 0.407 e. The predicted molar refractivity (Wildman–Crippen MR) is 70.2 cm³/mol. The maximum atomic E-state index is 11.5. The molecule has 0 aromatic heterocycles. The molecule has 0 bridgehead atoms. The fourth-order valence-corrected chi connectivity index (χ4v) is 1.59. The molecule has 0 saturated heterocycles. The van der Waals surface area contributed by atoms with Crippen LogP contribution in [0.15, 0.2) is 30.3 Å². The van der Waals surface area contributed by atoms with E-state index in [1.165, 1.54) is 0 Å². The lowest BCUT2D eigenvalue weighted by molar-refractivity contribution is 0.128. The molecule has 1 rings (SSSR count). The van der Waals surface area contributed by atoms with Gasteiger partial charge in [-0.2, -0.15) is 0 Å². The first-order valence-corrected chi connectivity index (χ1v) is 6.34. The third-order valence-corrected chi connectivity index (χ3v) is 2.66. The standard InChI is InChI=1S/C14H21NO3/c1-2-3-9-13(10-16)15-14(17)18-11-12-7-5-4-6-8-12/h4-8,13,16H,2-3,9-11H2,1H3,(H,15,17)/t13-/m0/s1. The second-order valence-electron chi connectivity index (χ2n) is 4.23. The summed E-state index contributed by atoms with van der Waals surface area (Å²) in [6.07, 6.45) is 2.31. The van der Waals surface area contributed by atoms with Crippen LogP contribution in [0.25, 0.3) is 0 Å². The molecule has 0 spiro atoms. The topological polar surface area (TPSA) is 58.6 Å². The fraction of sp³-hybridized carbons (Fsp3) is 0.500. The van der Waals surface area contributed by atoms with Gasteiger partial charge in [0.25, 0.3) is 0 Å². The number of nitrogens with one attached hydrogen (secondary N) is 1. The van der Waals surface area contributed by atoms with Crippen LogP contribution in [0.2, 0.25) is 0 Å². The quantitative estimate of drug-likeness (QED) is 0.782. The van der Waals surface area contributed by atoms with Gasteiger partial charge in [-0.25, -0.2) is 4.79 Å². The van der Waals surface area contributed by atoms with Crippen LogP contribution in [0.3, 0.4) is 0 Å². The molecule has 4 heteroatoms. The zero-order valence-corrected chi connectivity index (χ0v) is 10.8. The van der Waals surface area contributed by atoms with E-state index < -0.39 is 6.09 Å². The number of benzene rings is 1. The third kappa shape index (κ3) is 5.68. The van der Waals surface area contributed by atoms with Gasteiger partial charge < -0.3 is 15.2 Å².